The third-order valence-electron chi connectivity index (χ3n) is 1.68. The van der Waals surface area contributed by atoms with Crippen LogP contribution in [0.5, 0.6) is 5.75 Å². The summed E-state index contributed by atoms with van der Waals surface area (Å²) in [7, 11) is 0. The zero-order valence-electron chi connectivity index (χ0n) is 7.83. The molecule has 0 aliphatic carbocycles. The maximum Gasteiger partial charge on any atom is 0.311 e. The molecule has 0 atom stereocenters. The van der Waals surface area contributed by atoms with Crippen molar-refractivity contribution in [1.82, 2.24) is 0 Å². The Kier molecular flexibility index (Phi) is 4.66. The van der Waals surface area contributed by atoms with E-state index in [1.165, 1.54) is 0 Å². The van der Waals surface area contributed by atoms with Gasteiger partial charge in [-0.2, -0.15) is 0 Å². The van der Waals surface area contributed by atoms with Gasteiger partial charge in [0.05, 0.1) is 0 Å². The first-order chi connectivity index (χ1) is 6.72. The second-order valence-electron chi connectivity index (χ2n) is 2.89. The number of esters is 1. The van der Waals surface area contributed by atoms with Crippen molar-refractivity contribution >= 4 is 21.9 Å². The van der Waals surface area contributed by atoms with E-state index in [1.54, 1.807) is 12.1 Å². The zero-order valence-corrected chi connectivity index (χ0v) is 9.42. The first-order valence-electron chi connectivity index (χ1n) is 4.48. The number of halogens is 1. The van der Waals surface area contributed by atoms with Crippen molar-refractivity contribution in [2.24, 2.45) is 0 Å². The van der Waals surface area contributed by atoms with Gasteiger partial charge < -0.3 is 4.74 Å². The Hall–Kier alpha value is -0.830. The second-order valence-corrected chi connectivity index (χ2v) is 3.80. The summed E-state index contributed by atoms with van der Waals surface area (Å²) in [6.07, 6.45) is 1.96. The minimum absolute atomic E-state index is 0.198. The smallest absolute Gasteiger partial charge is 0.311 e. The predicted octanol–water partition coefficient (Wildman–Crippen LogP) is 3.36. The monoisotopic (exact) mass is 255 g/mol. The summed E-state index contributed by atoms with van der Waals surface area (Å²) >= 11 is 3.30. The van der Waals surface area contributed by atoms with Crippen LogP contribution < -0.4 is 4.74 Å². The van der Waals surface area contributed by atoms with Crippen molar-refractivity contribution in [2.45, 2.75) is 19.3 Å². The molecule has 0 spiro atoms. The Balaban J connectivity index is 2.44. The molecule has 1 aromatic carbocycles. The SMILES string of the molecule is [CH2]CCCC(=O)Oc1ccc(Br)cc1. The third-order valence-corrected chi connectivity index (χ3v) is 2.20. The number of rotatable bonds is 4. The van der Waals surface area contributed by atoms with Crippen LogP contribution in [-0.4, -0.2) is 5.97 Å². The van der Waals surface area contributed by atoms with Crippen LogP contribution >= 0.6 is 15.9 Å². The van der Waals surface area contributed by atoms with Gasteiger partial charge in [-0.3, -0.25) is 4.79 Å². The van der Waals surface area contributed by atoms with Gasteiger partial charge in [0.25, 0.3) is 0 Å². The molecule has 0 saturated heterocycles. The van der Waals surface area contributed by atoms with Crippen LogP contribution in [0.25, 0.3) is 0 Å². The van der Waals surface area contributed by atoms with Crippen LogP contribution in [0.3, 0.4) is 0 Å². The number of carbonyl (C=O) groups excluding carboxylic acids is 1. The van der Waals surface area contributed by atoms with Gasteiger partial charge in [-0.1, -0.05) is 29.3 Å². The van der Waals surface area contributed by atoms with Crippen LogP contribution in [0.4, 0.5) is 0 Å². The number of unbranched alkanes of at least 4 members (excludes halogenated alkanes) is 1. The summed E-state index contributed by atoms with van der Waals surface area (Å²) in [5.41, 5.74) is 0. The molecular weight excluding hydrogens is 244 g/mol. The van der Waals surface area contributed by atoms with E-state index in [4.69, 9.17) is 4.74 Å². The summed E-state index contributed by atoms with van der Waals surface area (Å²) < 4.78 is 6.05. The molecule has 14 heavy (non-hydrogen) atoms. The number of ether oxygens (including phenoxy) is 1. The summed E-state index contributed by atoms with van der Waals surface area (Å²) in [4.78, 5) is 11.2. The van der Waals surface area contributed by atoms with E-state index in [0.29, 0.717) is 12.2 Å². The van der Waals surface area contributed by atoms with Gasteiger partial charge >= 0.3 is 5.97 Å². The predicted molar refractivity (Wildman–Crippen MR) is 59.0 cm³/mol. The van der Waals surface area contributed by atoms with Crippen molar-refractivity contribution in [3.05, 3.63) is 35.7 Å². The van der Waals surface area contributed by atoms with E-state index in [2.05, 4.69) is 22.9 Å². The fraction of sp³-hybridized carbons (Fsp3) is 0.273. The lowest BCUT2D eigenvalue weighted by atomic mass is 10.2. The third kappa shape index (κ3) is 3.92. The highest BCUT2D eigenvalue weighted by molar-refractivity contribution is 9.10. The lowest BCUT2D eigenvalue weighted by Gasteiger charge is -2.03. The standard InChI is InChI=1S/C11H12BrO2/c1-2-3-4-11(13)14-10-7-5-9(12)6-8-10/h5-8H,1-4H2. The lowest BCUT2D eigenvalue weighted by molar-refractivity contribution is -0.134. The van der Waals surface area contributed by atoms with Crippen LogP contribution in [0, 0.1) is 6.92 Å². The molecule has 1 rings (SSSR count). The highest BCUT2D eigenvalue weighted by Gasteiger charge is 2.03. The fourth-order valence-electron chi connectivity index (χ4n) is 0.954. The molecule has 0 fully saturated rings. The van der Waals surface area contributed by atoms with Crippen LogP contribution in [0.1, 0.15) is 19.3 Å². The largest absolute Gasteiger partial charge is 0.427 e. The molecule has 0 N–H and O–H groups in total. The molecule has 0 aromatic heterocycles. The summed E-state index contributed by atoms with van der Waals surface area (Å²) in [5.74, 6) is 0.387. The minimum Gasteiger partial charge on any atom is -0.427 e. The number of hydrogen-bond donors (Lipinski definition) is 0. The van der Waals surface area contributed by atoms with Gasteiger partial charge in [0, 0.05) is 10.9 Å². The number of carbonyl (C=O) groups is 1. The first kappa shape index (κ1) is 11.2. The Morgan fingerprint density at radius 3 is 2.57 bits per heavy atom. The average molecular weight is 256 g/mol. The average Bonchev–Trinajstić information content (AvgIpc) is 2.18. The van der Waals surface area contributed by atoms with Gasteiger partial charge in [-0.05, 0) is 30.7 Å². The van der Waals surface area contributed by atoms with Gasteiger partial charge in [-0.15, -0.1) is 0 Å². The van der Waals surface area contributed by atoms with Crippen molar-refractivity contribution < 1.29 is 9.53 Å². The molecule has 0 bridgehead atoms. The minimum atomic E-state index is -0.198. The van der Waals surface area contributed by atoms with Crippen molar-refractivity contribution in [3.8, 4) is 5.75 Å². The molecule has 0 unspecified atom stereocenters. The topological polar surface area (TPSA) is 26.3 Å². The normalized spacial score (nSPS) is 9.86. The molecule has 0 saturated carbocycles. The molecule has 0 aliphatic heterocycles. The zero-order chi connectivity index (χ0) is 10.4. The highest BCUT2D eigenvalue weighted by atomic mass is 79.9. The molecule has 1 aromatic rings. The Labute approximate surface area is 92.4 Å². The summed E-state index contributed by atoms with van der Waals surface area (Å²) in [6, 6.07) is 7.19. The molecule has 0 amide bonds. The fourth-order valence-corrected chi connectivity index (χ4v) is 1.22. The molecule has 75 valence electrons. The number of benzene rings is 1. The van der Waals surface area contributed by atoms with Crippen molar-refractivity contribution in [2.75, 3.05) is 0 Å². The maximum absolute atomic E-state index is 11.2. The lowest BCUT2D eigenvalue weighted by Crippen LogP contribution is -2.06. The van der Waals surface area contributed by atoms with Crippen LogP contribution in [0.2, 0.25) is 0 Å². The summed E-state index contributed by atoms with van der Waals surface area (Å²) in [5, 5.41) is 0. The molecule has 3 heteroatoms. The van der Waals surface area contributed by atoms with Crippen molar-refractivity contribution in [3.63, 3.8) is 0 Å². The van der Waals surface area contributed by atoms with Crippen LogP contribution in [0.15, 0.2) is 28.7 Å². The molecule has 1 radical (unpaired) electrons. The van der Waals surface area contributed by atoms with E-state index in [9.17, 15) is 4.79 Å². The van der Waals surface area contributed by atoms with Gasteiger partial charge in [0.2, 0.25) is 0 Å². The Morgan fingerprint density at radius 1 is 1.36 bits per heavy atom. The van der Waals surface area contributed by atoms with E-state index in [1.807, 2.05) is 12.1 Å². The first-order valence-corrected chi connectivity index (χ1v) is 5.27. The molecule has 0 heterocycles. The van der Waals surface area contributed by atoms with Gasteiger partial charge in [-0.25, -0.2) is 0 Å². The molecule has 2 nitrogen and oxygen atoms in total. The van der Waals surface area contributed by atoms with Gasteiger partial charge in [0.1, 0.15) is 5.75 Å². The second kappa shape index (κ2) is 5.81. The molecule has 0 aliphatic rings. The van der Waals surface area contributed by atoms with E-state index in [-0.39, 0.29) is 5.97 Å². The Morgan fingerprint density at radius 2 is 2.00 bits per heavy atom. The van der Waals surface area contributed by atoms with E-state index >= 15 is 0 Å². The van der Waals surface area contributed by atoms with Crippen LogP contribution in [-0.2, 0) is 4.79 Å². The quantitative estimate of drug-likeness (QED) is 0.610. The maximum atomic E-state index is 11.2. The van der Waals surface area contributed by atoms with E-state index < -0.39 is 0 Å². The summed E-state index contributed by atoms with van der Waals surface area (Å²) in [6.45, 7) is 3.66. The van der Waals surface area contributed by atoms with Crippen molar-refractivity contribution in [1.29, 1.82) is 0 Å². The van der Waals surface area contributed by atoms with E-state index in [0.717, 1.165) is 17.3 Å². The Bertz CT molecular complexity index is 293. The van der Waals surface area contributed by atoms with Gasteiger partial charge in [0.15, 0.2) is 0 Å². The number of hydrogen-bond acceptors (Lipinski definition) is 2. The highest BCUT2D eigenvalue weighted by Crippen LogP contribution is 2.16. The molecular formula is C11H12BrO2.